The highest BCUT2D eigenvalue weighted by Gasteiger charge is 2.37. The predicted molar refractivity (Wildman–Crippen MR) is 72.2 cm³/mol. The van der Waals surface area contributed by atoms with Gasteiger partial charge in [0.05, 0.1) is 5.69 Å². The highest BCUT2D eigenvalue weighted by molar-refractivity contribution is 7.12. The molecule has 7 nitrogen and oxygen atoms in total. The Bertz CT molecular complexity index is 916. The summed E-state index contributed by atoms with van der Waals surface area (Å²) in [6.45, 7) is 0. The number of ether oxygens (including phenoxy) is 1. The standard InChI is InChI=1S/C13H5FN4O3S/c14-7-3-1-6(2-4-7)8-5-22-13(15-8)18-10-9(16-17-18)11(19)21-12(10)20/h1-5H. The second kappa shape index (κ2) is 4.53. The smallest absolute Gasteiger partial charge is 0.369 e. The van der Waals surface area contributed by atoms with Gasteiger partial charge in [0.1, 0.15) is 5.82 Å². The van der Waals surface area contributed by atoms with E-state index < -0.39 is 11.9 Å². The second-order valence-corrected chi connectivity index (χ2v) is 5.23. The molecule has 0 N–H and O–H groups in total. The first-order valence-corrected chi connectivity index (χ1v) is 6.95. The zero-order valence-corrected chi connectivity index (χ0v) is 11.5. The Kier molecular flexibility index (Phi) is 2.63. The van der Waals surface area contributed by atoms with Crippen molar-refractivity contribution >= 4 is 23.3 Å². The summed E-state index contributed by atoms with van der Waals surface area (Å²) in [6.07, 6.45) is 0. The van der Waals surface area contributed by atoms with E-state index in [0.717, 1.165) is 5.56 Å². The highest BCUT2D eigenvalue weighted by atomic mass is 32.1. The fourth-order valence-corrected chi connectivity index (χ4v) is 2.82. The third-order valence-corrected chi connectivity index (χ3v) is 3.87. The van der Waals surface area contributed by atoms with E-state index in [1.165, 1.54) is 28.2 Å². The van der Waals surface area contributed by atoms with Crippen molar-refractivity contribution in [1.29, 1.82) is 0 Å². The maximum atomic E-state index is 12.9. The van der Waals surface area contributed by atoms with Gasteiger partial charge in [-0.3, -0.25) is 0 Å². The second-order valence-electron chi connectivity index (χ2n) is 4.40. The normalized spacial score (nSPS) is 13.3. The minimum atomic E-state index is -0.818. The van der Waals surface area contributed by atoms with Crippen LogP contribution in [0.5, 0.6) is 0 Å². The molecule has 0 spiro atoms. The molecule has 0 saturated heterocycles. The number of fused-ring (bicyclic) bond motifs is 1. The van der Waals surface area contributed by atoms with Gasteiger partial charge in [-0.05, 0) is 24.3 Å². The van der Waals surface area contributed by atoms with Crippen LogP contribution in [0.15, 0.2) is 29.6 Å². The van der Waals surface area contributed by atoms with E-state index in [-0.39, 0.29) is 17.2 Å². The van der Waals surface area contributed by atoms with Gasteiger partial charge in [0.25, 0.3) is 0 Å². The van der Waals surface area contributed by atoms with E-state index in [2.05, 4.69) is 20.0 Å². The van der Waals surface area contributed by atoms with Crippen molar-refractivity contribution in [3.8, 4) is 16.4 Å². The predicted octanol–water partition coefficient (Wildman–Crippen LogP) is 1.84. The van der Waals surface area contributed by atoms with Crippen LogP contribution in [-0.4, -0.2) is 31.9 Å². The molecule has 0 radical (unpaired) electrons. The van der Waals surface area contributed by atoms with Crippen LogP contribution in [0, 0.1) is 5.82 Å². The van der Waals surface area contributed by atoms with Crippen molar-refractivity contribution < 1.29 is 18.7 Å². The van der Waals surface area contributed by atoms with Crippen LogP contribution < -0.4 is 0 Å². The van der Waals surface area contributed by atoms with Gasteiger partial charge >= 0.3 is 11.9 Å². The number of benzene rings is 1. The maximum absolute atomic E-state index is 12.9. The molecule has 0 aliphatic carbocycles. The summed E-state index contributed by atoms with van der Waals surface area (Å²) in [6, 6.07) is 5.85. The van der Waals surface area contributed by atoms with Crippen LogP contribution in [-0.2, 0) is 4.74 Å². The van der Waals surface area contributed by atoms with Crippen LogP contribution >= 0.6 is 11.3 Å². The molecule has 0 bridgehead atoms. The van der Waals surface area contributed by atoms with Gasteiger partial charge in [-0.25, -0.2) is 19.0 Å². The van der Waals surface area contributed by atoms with Crippen LogP contribution in [0.4, 0.5) is 4.39 Å². The van der Waals surface area contributed by atoms with Gasteiger partial charge < -0.3 is 4.74 Å². The molecule has 4 rings (SSSR count). The van der Waals surface area contributed by atoms with E-state index in [0.29, 0.717) is 10.8 Å². The van der Waals surface area contributed by atoms with Crippen molar-refractivity contribution in [2.45, 2.75) is 0 Å². The Morgan fingerprint density at radius 3 is 2.68 bits per heavy atom. The summed E-state index contributed by atoms with van der Waals surface area (Å²) in [5.74, 6) is -1.96. The molecule has 3 aromatic rings. The molecule has 9 heteroatoms. The van der Waals surface area contributed by atoms with E-state index in [1.807, 2.05) is 0 Å². The van der Waals surface area contributed by atoms with Crippen LogP contribution in [0.3, 0.4) is 0 Å². The van der Waals surface area contributed by atoms with Crippen molar-refractivity contribution in [3.63, 3.8) is 0 Å². The van der Waals surface area contributed by atoms with Crippen molar-refractivity contribution in [2.75, 3.05) is 0 Å². The molecule has 0 unspecified atom stereocenters. The van der Waals surface area contributed by atoms with Crippen LogP contribution in [0.25, 0.3) is 16.4 Å². The molecule has 0 atom stereocenters. The van der Waals surface area contributed by atoms with E-state index in [9.17, 15) is 14.0 Å². The summed E-state index contributed by atoms with van der Waals surface area (Å²) in [5, 5.41) is 9.49. The fourth-order valence-electron chi connectivity index (χ4n) is 2.03. The number of halogens is 1. The minimum Gasteiger partial charge on any atom is -0.383 e. The number of thiazole rings is 1. The Balaban J connectivity index is 1.77. The number of carbonyl (C=O) groups is 2. The summed E-state index contributed by atoms with van der Waals surface area (Å²) in [4.78, 5) is 27.3. The lowest BCUT2D eigenvalue weighted by molar-refractivity contribution is 0.0434. The van der Waals surface area contributed by atoms with E-state index >= 15 is 0 Å². The number of nitrogens with zero attached hydrogens (tertiary/aromatic N) is 4. The van der Waals surface area contributed by atoms with Gasteiger partial charge in [0, 0.05) is 10.9 Å². The minimum absolute atomic E-state index is 0.0370. The quantitative estimate of drug-likeness (QED) is 0.529. The number of aromatic nitrogens is 4. The Morgan fingerprint density at radius 1 is 1.14 bits per heavy atom. The SMILES string of the molecule is O=C1OC(=O)c2c1nnn2-c1nc(-c2ccc(F)cc2)cs1. The molecule has 22 heavy (non-hydrogen) atoms. The molecule has 1 aliphatic rings. The van der Waals surface area contributed by atoms with Gasteiger partial charge in [0.2, 0.25) is 10.8 Å². The first-order valence-electron chi connectivity index (χ1n) is 6.07. The molecule has 3 heterocycles. The van der Waals surface area contributed by atoms with Gasteiger partial charge in [-0.1, -0.05) is 5.21 Å². The zero-order chi connectivity index (χ0) is 15.3. The number of cyclic esters (lactones) is 2. The lowest BCUT2D eigenvalue weighted by atomic mass is 10.2. The molecular formula is C13H5FN4O3S. The average Bonchev–Trinajstić information content (AvgIpc) is 3.19. The number of hydrogen-bond donors (Lipinski definition) is 0. The molecular weight excluding hydrogens is 311 g/mol. The molecule has 0 fully saturated rings. The summed E-state index contributed by atoms with van der Waals surface area (Å²) in [5.41, 5.74) is 1.16. The van der Waals surface area contributed by atoms with Crippen molar-refractivity contribution in [2.24, 2.45) is 0 Å². The van der Waals surface area contributed by atoms with Crippen LogP contribution in [0.1, 0.15) is 21.0 Å². The maximum Gasteiger partial charge on any atom is 0.369 e. The molecule has 1 aromatic carbocycles. The molecule has 1 aliphatic heterocycles. The Morgan fingerprint density at radius 2 is 1.91 bits per heavy atom. The van der Waals surface area contributed by atoms with Gasteiger partial charge in [0.15, 0.2) is 5.69 Å². The number of carbonyl (C=O) groups excluding carboxylic acids is 2. The highest BCUT2D eigenvalue weighted by Crippen LogP contribution is 2.27. The summed E-state index contributed by atoms with van der Waals surface area (Å²) < 4.78 is 18.6. The number of esters is 2. The third kappa shape index (κ3) is 1.83. The Labute approximate surface area is 126 Å². The third-order valence-electron chi connectivity index (χ3n) is 3.06. The van der Waals surface area contributed by atoms with Crippen molar-refractivity contribution in [3.05, 3.63) is 46.9 Å². The first kappa shape index (κ1) is 12.8. The van der Waals surface area contributed by atoms with Crippen molar-refractivity contribution in [1.82, 2.24) is 20.0 Å². The van der Waals surface area contributed by atoms with Gasteiger partial charge in [-0.15, -0.1) is 16.4 Å². The molecule has 108 valence electrons. The monoisotopic (exact) mass is 316 g/mol. The molecule has 0 amide bonds. The zero-order valence-electron chi connectivity index (χ0n) is 10.7. The molecule has 2 aromatic heterocycles. The topological polar surface area (TPSA) is 87.0 Å². The fraction of sp³-hybridized carbons (Fsp3) is 0. The first-order chi connectivity index (χ1) is 10.6. The van der Waals surface area contributed by atoms with E-state index in [1.54, 1.807) is 17.5 Å². The summed E-state index contributed by atoms with van der Waals surface area (Å²) in [7, 11) is 0. The lowest BCUT2D eigenvalue weighted by Gasteiger charge is -1.97. The van der Waals surface area contributed by atoms with E-state index in [4.69, 9.17) is 0 Å². The average molecular weight is 316 g/mol. The lowest BCUT2D eigenvalue weighted by Crippen LogP contribution is -2.08. The van der Waals surface area contributed by atoms with Crippen LogP contribution in [0.2, 0.25) is 0 Å². The number of hydrogen-bond acceptors (Lipinski definition) is 7. The molecule has 0 saturated carbocycles. The summed E-state index contributed by atoms with van der Waals surface area (Å²) >= 11 is 1.21. The Hall–Kier alpha value is -2.94. The largest absolute Gasteiger partial charge is 0.383 e. The number of rotatable bonds is 2. The van der Waals surface area contributed by atoms with Gasteiger partial charge in [-0.2, -0.15) is 4.68 Å².